The number of pyridine rings is 1. The van der Waals surface area contributed by atoms with Crippen LogP contribution in [-0.4, -0.2) is 35.6 Å². The summed E-state index contributed by atoms with van der Waals surface area (Å²) < 4.78 is 7.70. The lowest BCUT2D eigenvalue weighted by Gasteiger charge is -2.19. The minimum atomic E-state index is -0.714. The lowest BCUT2D eigenvalue weighted by Crippen LogP contribution is -2.20. The summed E-state index contributed by atoms with van der Waals surface area (Å²) in [5, 5.41) is 10.3. The molecule has 0 saturated carbocycles. The maximum atomic E-state index is 10.3. The molecule has 0 spiro atoms. The molecule has 0 saturated heterocycles. The van der Waals surface area contributed by atoms with Crippen molar-refractivity contribution in [1.82, 2.24) is 20.0 Å². The maximum Gasteiger partial charge on any atom is 0.161 e. The molecule has 4 aromatic rings. The van der Waals surface area contributed by atoms with E-state index < -0.39 is 5.60 Å². The Bertz CT molecular complexity index is 1630. The van der Waals surface area contributed by atoms with E-state index in [0.717, 1.165) is 76.3 Å². The fraction of sp³-hybridized carbons (Fsp3) is 0.406. The Kier molecular flexibility index (Phi) is 7.56. The third kappa shape index (κ3) is 5.35. The van der Waals surface area contributed by atoms with Crippen LogP contribution in [0.2, 0.25) is 0 Å². The van der Waals surface area contributed by atoms with Crippen molar-refractivity contribution in [1.29, 1.82) is 0 Å². The molecule has 2 aromatic carbocycles. The van der Waals surface area contributed by atoms with Crippen molar-refractivity contribution in [2.24, 2.45) is 8.25 Å². The molecule has 0 radical (unpaired) electrons. The number of benzene rings is 2. The second-order valence-electron chi connectivity index (χ2n) is 11.5. The van der Waals surface area contributed by atoms with Crippen LogP contribution in [0.15, 0.2) is 56.8 Å². The van der Waals surface area contributed by atoms with Crippen LogP contribution >= 0.6 is 21.0 Å². The van der Waals surface area contributed by atoms with E-state index in [4.69, 9.17) is 15.0 Å². The summed E-state index contributed by atoms with van der Waals surface area (Å²) in [6.07, 6.45) is 5.44. The highest BCUT2D eigenvalue weighted by Gasteiger charge is 2.29. The number of amidine groups is 1. The van der Waals surface area contributed by atoms with Gasteiger partial charge in [-0.1, -0.05) is 49.4 Å². The SMILES string of the molecule is CCCc1nc2c(C)cc(CCC(C)(C)O)nc2n1[C@H]1CCc2cc(-c3ccccc3C3=NCI=NN3)ccc21. The Morgan fingerprint density at radius 1 is 1.07 bits per heavy atom. The van der Waals surface area contributed by atoms with Gasteiger partial charge in [0.2, 0.25) is 0 Å². The highest BCUT2D eigenvalue weighted by atomic mass is 127. The smallest absolute Gasteiger partial charge is 0.161 e. The summed E-state index contributed by atoms with van der Waals surface area (Å²) in [5.41, 5.74) is 12.9. The average Bonchev–Trinajstić information content (AvgIpc) is 3.53. The molecule has 40 heavy (non-hydrogen) atoms. The molecule has 0 unspecified atom stereocenters. The maximum absolute atomic E-state index is 10.3. The minimum Gasteiger partial charge on any atom is -0.390 e. The van der Waals surface area contributed by atoms with Gasteiger partial charge in [0.05, 0.1) is 11.6 Å². The number of nitrogens with one attached hydrogen (secondary N) is 1. The van der Waals surface area contributed by atoms with Gasteiger partial charge in [-0.2, -0.15) is 3.25 Å². The minimum absolute atomic E-state index is 0.217. The molecule has 3 heterocycles. The summed E-state index contributed by atoms with van der Waals surface area (Å²) in [6, 6.07) is 17.8. The Balaban J connectivity index is 1.40. The monoisotopic (exact) mass is 648 g/mol. The van der Waals surface area contributed by atoms with Gasteiger partial charge in [-0.05, 0) is 86.8 Å². The van der Waals surface area contributed by atoms with E-state index in [0.29, 0.717) is 6.42 Å². The number of hydrogen-bond donors (Lipinski definition) is 2. The van der Waals surface area contributed by atoms with Crippen LogP contribution in [-0.2, 0) is 19.3 Å². The molecule has 208 valence electrons. The summed E-state index contributed by atoms with van der Waals surface area (Å²) in [7, 11) is 0. The van der Waals surface area contributed by atoms with Gasteiger partial charge >= 0.3 is 0 Å². The standard InChI is InChI=1S/C32H37IN6O/c1-5-8-28-36-29-20(2)17-23(15-16-32(3,4)40)35-31(29)39(28)27-14-12-22-18-21(11-13-25(22)27)24-9-6-7-10-26(24)30-34-19-33-38-37-30/h6-7,9-11,13,17-18,27,40H,5,8,12,14-16,19H2,1-4H3,(H,34,37)/t27-/m0/s1. The Labute approximate surface area is 246 Å². The fourth-order valence-electron chi connectivity index (χ4n) is 5.95. The summed E-state index contributed by atoms with van der Waals surface area (Å²) in [5.74, 6) is 1.99. The molecule has 0 amide bonds. The van der Waals surface area contributed by atoms with E-state index in [1.165, 1.54) is 22.3 Å². The molecule has 7 nitrogen and oxygen atoms in total. The highest BCUT2D eigenvalue weighted by molar-refractivity contribution is 14.2. The van der Waals surface area contributed by atoms with Crippen LogP contribution < -0.4 is 5.43 Å². The number of aliphatic hydroxyl groups is 1. The normalized spacial score (nSPS) is 16.9. The lowest BCUT2D eigenvalue weighted by molar-refractivity contribution is 0.0711. The molecule has 0 fully saturated rings. The van der Waals surface area contributed by atoms with Gasteiger partial charge in [0.1, 0.15) is 15.9 Å². The van der Waals surface area contributed by atoms with Crippen LogP contribution in [0, 0.1) is 6.92 Å². The van der Waals surface area contributed by atoms with Gasteiger partial charge in [0.15, 0.2) is 11.5 Å². The fourth-order valence-corrected chi connectivity index (χ4v) is 7.00. The van der Waals surface area contributed by atoms with Crippen molar-refractivity contribution in [3.05, 3.63) is 82.3 Å². The molecule has 1 atom stereocenters. The molecule has 2 N–H and O–H groups in total. The molecule has 1 aliphatic carbocycles. The summed E-state index contributed by atoms with van der Waals surface area (Å²) in [4.78, 5) is 15.0. The van der Waals surface area contributed by atoms with Gasteiger partial charge < -0.3 is 9.67 Å². The van der Waals surface area contributed by atoms with Crippen LogP contribution in [0.5, 0.6) is 0 Å². The van der Waals surface area contributed by atoms with E-state index in [1.54, 1.807) is 0 Å². The number of alkyl halides is 1. The first kappa shape index (κ1) is 27.2. The second-order valence-corrected chi connectivity index (χ2v) is 13.4. The third-order valence-corrected chi connectivity index (χ3v) is 9.13. The summed E-state index contributed by atoms with van der Waals surface area (Å²) >= 11 is -0.226. The van der Waals surface area contributed by atoms with Gasteiger partial charge in [-0.3, -0.25) is 10.4 Å². The highest BCUT2D eigenvalue weighted by Crippen LogP contribution is 2.40. The molecule has 2 aromatic heterocycles. The summed E-state index contributed by atoms with van der Waals surface area (Å²) in [6.45, 7) is 8.07. The van der Waals surface area contributed by atoms with E-state index in [2.05, 4.69) is 75.6 Å². The predicted molar refractivity (Wildman–Crippen MR) is 170 cm³/mol. The second kappa shape index (κ2) is 11.1. The van der Waals surface area contributed by atoms with Gasteiger partial charge in [0, 0.05) is 38.7 Å². The molecule has 2 aliphatic rings. The molecular formula is C32H37IN6O. The van der Waals surface area contributed by atoms with Crippen LogP contribution in [0.25, 0.3) is 22.3 Å². The van der Waals surface area contributed by atoms with E-state index in [1.807, 2.05) is 13.8 Å². The first-order valence-corrected chi connectivity index (χ1v) is 16.7. The molecule has 1 aliphatic heterocycles. The van der Waals surface area contributed by atoms with Crippen LogP contribution in [0.4, 0.5) is 0 Å². The molecule has 6 rings (SSSR count). The molecule has 0 bridgehead atoms. The van der Waals surface area contributed by atoms with Gasteiger partial charge in [-0.15, -0.1) is 0 Å². The van der Waals surface area contributed by atoms with Crippen molar-refractivity contribution in [3.63, 3.8) is 0 Å². The topological polar surface area (TPSA) is 87.7 Å². The Hall–Kier alpha value is -2.98. The first-order chi connectivity index (χ1) is 19.3. The largest absolute Gasteiger partial charge is 0.390 e. The number of halogens is 1. The van der Waals surface area contributed by atoms with Gasteiger partial charge in [-0.25, -0.2) is 9.97 Å². The van der Waals surface area contributed by atoms with Crippen molar-refractivity contribution >= 4 is 38.0 Å². The number of fused-ring (bicyclic) bond motifs is 2. The van der Waals surface area contributed by atoms with Crippen LogP contribution in [0.3, 0.4) is 0 Å². The average molecular weight is 649 g/mol. The number of aliphatic imine (C=N–C) groups is 1. The number of aromatic nitrogens is 3. The van der Waals surface area contributed by atoms with E-state index in [-0.39, 0.29) is 27.1 Å². The first-order valence-electron chi connectivity index (χ1n) is 14.2. The number of hydrogen-bond acceptors (Lipinski definition) is 6. The zero-order valence-corrected chi connectivity index (χ0v) is 25.9. The number of rotatable bonds is 8. The zero-order chi connectivity index (χ0) is 27.9. The molecule has 8 heteroatoms. The van der Waals surface area contributed by atoms with E-state index in [9.17, 15) is 5.11 Å². The number of aryl methyl sites for hydroxylation is 4. The van der Waals surface area contributed by atoms with Crippen molar-refractivity contribution in [2.75, 3.05) is 4.55 Å². The number of imidazole rings is 1. The van der Waals surface area contributed by atoms with Gasteiger partial charge in [0.25, 0.3) is 0 Å². The van der Waals surface area contributed by atoms with E-state index >= 15 is 0 Å². The zero-order valence-electron chi connectivity index (χ0n) is 23.7. The predicted octanol–water partition coefficient (Wildman–Crippen LogP) is 6.97. The molecular weight excluding hydrogens is 611 g/mol. The Morgan fingerprint density at radius 3 is 2.65 bits per heavy atom. The Morgan fingerprint density at radius 2 is 1.90 bits per heavy atom. The lowest BCUT2D eigenvalue weighted by atomic mass is 9.95. The van der Waals surface area contributed by atoms with Crippen molar-refractivity contribution in [2.45, 2.75) is 77.9 Å². The number of nitrogens with zero attached hydrogens (tertiary/aromatic N) is 5. The van der Waals surface area contributed by atoms with Crippen molar-refractivity contribution in [3.8, 4) is 11.1 Å². The van der Waals surface area contributed by atoms with Crippen LogP contribution in [0.1, 0.15) is 79.8 Å². The third-order valence-electron chi connectivity index (χ3n) is 7.90. The quantitative estimate of drug-likeness (QED) is 0.123. The van der Waals surface area contributed by atoms with Crippen molar-refractivity contribution < 1.29 is 5.11 Å².